The van der Waals surface area contributed by atoms with Crippen LogP contribution in [0.3, 0.4) is 0 Å². The van der Waals surface area contributed by atoms with E-state index < -0.39 is 0 Å². The molecule has 2 aliphatic heterocycles. The lowest BCUT2D eigenvalue weighted by atomic mass is 9.90. The van der Waals surface area contributed by atoms with Crippen molar-refractivity contribution >= 4 is 0 Å². The van der Waals surface area contributed by atoms with Crippen LogP contribution in [-0.4, -0.2) is 34.8 Å². The number of phenols is 1. The maximum atomic E-state index is 9.97. The highest BCUT2D eigenvalue weighted by molar-refractivity contribution is 5.41. The van der Waals surface area contributed by atoms with Crippen molar-refractivity contribution in [1.82, 2.24) is 4.90 Å². The maximum absolute atomic E-state index is 9.97. The summed E-state index contributed by atoms with van der Waals surface area (Å²) in [7, 11) is 0. The number of benzene rings is 1. The van der Waals surface area contributed by atoms with E-state index >= 15 is 0 Å². The normalized spacial score (nSPS) is 29.0. The lowest BCUT2D eigenvalue weighted by Crippen LogP contribution is -2.44. The van der Waals surface area contributed by atoms with Crippen LogP contribution in [0.2, 0.25) is 0 Å². The van der Waals surface area contributed by atoms with E-state index in [2.05, 4.69) is 17.0 Å². The van der Waals surface area contributed by atoms with Gasteiger partial charge in [0.1, 0.15) is 11.4 Å². The van der Waals surface area contributed by atoms with Crippen LogP contribution in [-0.2, 0) is 10.3 Å². The number of aromatic hydroxyl groups is 1. The van der Waals surface area contributed by atoms with Gasteiger partial charge >= 0.3 is 0 Å². The van der Waals surface area contributed by atoms with Crippen molar-refractivity contribution in [3.8, 4) is 11.8 Å². The Morgan fingerprint density at radius 2 is 2.00 bits per heavy atom. The number of aryl methyl sites for hydroxylation is 1. The van der Waals surface area contributed by atoms with E-state index in [0.717, 1.165) is 44.3 Å². The van der Waals surface area contributed by atoms with Crippen LogP contribution in [0.25, 0.3) is 0 Å². The smallest absolute Gasteiger partial charge is 0.173 e. The van der Waals surface area contributed by atoms with Crippen molar-refractivity contribution in [1.29, 1.82) is 5.26 Å². The highest BCUT2D eigenvalue weighted by Crippen LogP contribution is 2.55. The fraction of sp³-hybridized carbons (Fsp3) is 0.588. The molecule has 1 aromatic carbocycles. The van der Waals surface area contributed by atoms with Gasteiger partial charge < -0.3 is 9.84 Å². The SMILES string of the molecule is Cc1ccc(C2(N3CCC4(CC3)OC4C#N)CC2)cc1O. The van der Waals surface area contributed by atoms with Gasteiger partial charge in [-0.15, -0.1) is 0 Å². The molecular weight excluding hydrogens is 264 g/mol. The van der Waals surface area contributed by atoms with Gasteiger partial charge in [0.25, 0.3) is 0 Å². The number of piperidine rings is 1. The molecule has 1 spiro atoms. The van der Waals surface area contributed by atoms with Crippen LogP contribution in [0.5, 0.6) is 5.75 Å². The summed E-state index contributed by atoms with van der Waals surface area (Å²) < 4.78 is 5.59. The first-order valence-corrected chi connectivity index (χ1v) is 7.72. The molecule has 1 saturated carbocycles. The molecule has 2 heterocycles. The van der Waals surface area contributed by atoms with E-state index in [1.807, 2.05) is 19.1 Å². The van der Waals surface area contributed by atoms with E-state index in [-0.39, 0.29) is 17.2 Å². The van der Waals surface area contributed by atoms with Crippen molar-refractivity contribution in [2.75, 3.05) is 13.1 Å². The highest BCUT2D eigenvalue weighted by Gasteiger charge is 2.60. The number of rotatable bonds is 2. The van der Waals surface area contributed by atoms with Crippen LogP contribution >= 0.6 is 0 Å². The number of ether oxygens (including phenoxy) is 1. The summed E-state index contributed by atoms with van der Waals surface area (Å²) in [5, 5.41) is 19.0. The molecule has 1 unspecified atom stereocenters. The topological polar surface area (TPSA) is 59.8 Å². The second-order valence-electron chi connectivity index (χ2n) is 6.71. The molecule has 21 heavy (non-hydrogen) atoms. The van der Waals surface area contributed by atoms with E-state index in [9.17, 15) is 5.11 Å². The number of hydrogen-bond donors (Lipinski definition) is 1. The molecule has 110 valence electrons. The quantitative estimate of drug-likeness (QED) is 0.847. The Labute approximate surface area is 124 Å². The number of epoxide rings is 1. The minimum Gasteiger partial charge on any atom is -0.508 e. The molecule has 0 aromatic heterocycles. The van der Waals surface area contributed by atoms with Crippen LogP contribution in [0.15, 0.2) is 18.2 Å². The Morgan fingerprint density at radius 3 is 2.52 bits per heavy atom. The van der Waals surface area contributed by atoms with Gasteiger partial charge in [-0.25, -0.2) is 0 Å². The summed E-state index contributed by atoms with van der Waals surface area (Å²) in [6.07, 6.45) is 4.03. The fourth-order valence-electron chi connectivity index (χ4n) is 3.84. The predicted molar refractivity (Wildman–Crippen MR) is 77.8 cm³/mol. The lowest BCUT2D eigenvalue weighted by molar-refractivity contribution is 0.0951. The Balaban J connectivity index is 1.52. The van der Waals surface area contributed by atoms with Crippen LogP contribution in [0.4, 0.5) is 0 Å². The van der Waals surface area contributed by atoms with Gasteiger partial charge in [-0.3, -0.25) is 4.90 Å². The first-order valence-electron chi connectivity index (χ1n) is 7.72. The summed E-state index contributed by atoms with van der Waals surface area (Å²) >= 11 is 0. The van der Waals surface area contributed by atoms with E-state index in [4.69, 9.17) is 10.00 Å². The lowest BCUT2D eigenvalue weighted by Gasteiger charge is -2.37. The number of nitriles is 1. The third kappa shape index (κ3) is 1.88. The van der Waals surface area contributed by atoms with Gasteiger partial charge in [-0.05, 0) is 49.8 Å². The first kappa shape index (κ1) is 13.1. The first-order chi connectivity index (χ1) is 10.1. The second kappa shape index (κ2) is 4.22. The van der Waals surface area contributed by atoms with Crippen molar-refractivity contribution in [3.05, 3.63) is 29.3 Å². The molecular formula is C17H20N2O2. The third-order valence-corrected chi connectivity index (χ3v) is 5.58. The molecule has 4 heteroatoms. The summed E-state index contributed by atoms with van der Waals surface area (Å²) in [5.74, 6) is 0.391. The van der Waals surface area contributed by atoms with Crippen molar-refractivity contribution in [3.63, 3.8) is 0 Å². The summed E-state index contributed by atoms with van der Waals surface area (Å²) in [5.41, 5.74) is 2.13. The molecule has 1 N–H and O–H groups in total. The largest absolute Gasteiger partial charge is 0.508 e. The molecule has 0 radical (unpaired) electrons. The number of nitrogens with zero attached hydrogens (tertiary/aromatic N) is 2. The van der Waals surface area contributed by atoms with E-state index in [1.54, 1.807) is 0 Å². The average Bonchev–Trinajstić information content (AvgIpc) is 3.40. The zero-order chi connectivity index (χ0) is 14.7. The molecule has 1 atom stereocenters. The van der Waals surface area contributed by atoms with Gasteiger partial charge in [-0.1, -0.05) is 12.1 Å². The molecule has 4 nitrogen and oxygen atoms in total. The van der Waals surface area contributed by atoms with Crippen molar-refractivity contribution in [2.45, 2.75) is 49.9 Å². The van der Waals surface area contributed by atoms with E-state index in [0.29, 0.717) is 5.75 Å². The molecule has 1 aromatic rings. The molecule has 3 aliphatic rings. The van der Waals surface area contributed by atoms with Gasteiger partial charge in [0, 0.05) is 18.6 Å². The summed E-state index contributed by atoms with van der Waals surface area (Å²) in [4.78, 5) is 2.53. The molecule has 4 rings (SSSR count). The molecule has 0 bridgehead atoms. The number of phenolic OH excluding ortho intramolecular Hbond substituents is 1. The zero-order valence-corrected chi connectivity index (χ0v) is 12.3. The zero-order valence-electron chi connectivity index (χ0n) is 12.3. The van der Waals surface area contributed by atoms with Crippen molar-refractivity contribution < 1.29 is 9.84 Å². The molecule has 1 aliphatic carbocycles. The van der Waals surface area contributed by atoms with Crippen LogP contribution in [0.1, 0.15) is 36.8 Å². The van der Waals surface area contributed by atoms with Gasteiger partial charge in [0.15, 0.2) is 6.10 Å². The Bertz CT molecular complexity index is 622. The maximum Gasteiger partial charge on any atom is 0.173 e. The highest BCUT2D eigenvalue weighted by atomic mass is 16.6. The number of hydrogen-bond acceptors (Lipinski definition) is 4. The van der Waals surface area contributed by atoms with Crippen LogP contribution < -0.4 is 0 Å². The molecule has 2 saturated heterocycles. The standard InChI is InChI=1S/C17H20N2O2/c1-12-2-3-13(10-14(12)20)16(4-5-16)19-8-6-17(7-9-19)15(11-18)21-17/h2-3,10,15,20H,4-9H2,1H3. The third-order valence-electron chi connectivity index (χ3n) is 5.58. The van der Waals surface area contributed by atoms with Gasteiger partial charge in [0.2, 0.25) is 0 Å². The Morgan fingerprint density at radius 1 is 1.29 bits per heavy atom. The van der Waals surface area contributed by atoms with E-state index in [1.165, 1.54) is 5.56 Å². The average molecular weight is 284 g/mol. The number of likely N-dealkylation sites (tertiary alicyclic amines) is 1. The van der Waals surface area contributed by atoms with Crippen molar-refractivity contribution in [2.24, 2.45) is 0 Å². The minimum atomic E-state index is -0.182. The predicted octanol–water partition coefficient (Wildman–Crippen LogP) is 2.45. The monoisotopic (exact) mass is 284 g/mol. The summed E-state index contributed by atoms with van der Waals surface area (Å²) in [6, 6.07) is 8.33. The van der Waals surface area contributed by atoms with Gasteiger partial charge in [0.05, 0.1) is 6.07 Å². The Kier molecular flexibility index (Phi) is 2.64. The fourth-order valence-corrected chi connectivity index (χ4v) is 3.84. The Hall–Kier alpha value is -1.57. The van der Waals surface area contributed by atoms with Crippen LogP contribution in [0, 0.1) is 18.3 Å². The van der Waals surface area contributed by atoms with Gasteiger partial charge in [-0.2, -0.15) is 5.26 Å². The molecule has 0 amide bonds. The molecule has 3 fully saturated rings. The minimum absolute atomic E-state index is 0.115. The summed E-state index contributed by atoms with van der Waals surface area (Å²) in [6.45, 7) is 3.88. The second-order valence-corrected chi connectivity index (χ2v) is 6.71.